The quantitative estimate of drug-likeness (QED) is 0.378. The molecule has 0 fully saturated rings. The zero-order valence-corrected chi connectivity index (χ0v) is 12.4. The fraction of sp³-hybridized carbons (Fsp3) is 0.923. The van der Waals surface area contributed by atoms with E-state index in [2.05, 4.69) is 62.5 Å². The first kappa shape index (κ1) is 16.2. The minimum atomic E-state index is 0.165. The summed E-state index contributed by atoms with van der Waals surface area (Å²) in [6, 6.07) is 0.461. The number of hydrogen-bond acceptors (Lipinski definition) is 2. The molecule has 0 aliphatic rings. The molecule has 0 amide bonds. The predicted octanol–water partition coefficient (Wildman–Crippen LogP) is 1.73. The van der Waals surface area contributed by atoms with Gasteiger partial charge in [0.25, 0.3) is 0 Å². The Morgan fingerprint density at radius 2 is 1.88 bits per heavy atom. The van der Waals surface area contributed by atoms with Crippen LogP contribution in [-0.2, 0) is 0 Å². The van der Waals surface area contributed by atoms with Gasteiger partial charge in [-0.15, -0.1) is 0 Å². The highest BCUT2D eigenvalue weighted by atomic mass is 15.2. The Morgan fingerprint density at radius 3 is 2.35 bits per heavy atom. The number of rotatable bonds is 6. The largest absolute Gasteiger partial charge is 0.357 e. The van der Waals surface area contributed by atoms with Crippen molar-refractivity contribution in [2.45, 2.75) is 59.5 Å². The second kappa shape index (κ2) is 8.34. The summed E-state index contributed by atoms with van der Waals surface area (Å²) in [4.78, 5) is 4.54. The van der Waals surface area contributed by atoms with E-state index in [9.17, 15) is 0 Å². The molecule has 0 saturated carbocycles. The van der Waals surface area contributed by atoms with Crippen molar-refractivity contribution >= 4 is 5.96 Å². The molecule has 0 saturated heterocycles. The molecule has 0 radical (unpaired) electrons. The molecule has 0 bridgehead atoms. The highest BCUT2D eigenvalue weighted by molar-refractivity contribution is 5.80. The summed E-state index contributed by atoms with van der Waals surface area (Å²) in [5.41, 5.74) is 0.165. The Labute approximate surface area is 107 Å². The third-order valence-electron chi connectivity index (χ3n) is 2.38. The first-order chi connectivity index (χ1) is 7.89. The van der Waals surface area contributed by atoms with Gasteiger partial charge in [0.15, 0.2) is 5.96 Å². The zero-order chi connectivity index (χ0) is 13.3. The van der Waals surface area contributed by atoms with Gasteiger partial charge in [-0.25, -0.2) is 0 Å². The SMILES string of the molecule is CCNC(=NCCNC(C)(C)C)NC(C)CC. The first-order valence-electron chi connectivity index (χ1n) is 6.69. The molecule has 1 unspecified atom stereocenters. The van der Waals surface area contributed by atoms with Gasteiger partial charge in [-0.2, -0.15) is 0 Å². The van der Waals surface area contributed by atoms with Crippen LogP contribution in [0.4, 0.5) is 0 Å². The fourth-order valence-electron chi connectivity index (χ4n) is 1.25. The summed E-state index contributed by atoms with van der Waals surface area (Å²) in [5, 5.41) is 10.1. The van der Waals surface area contributed by atoms with Gasteiger partial charge in [0.05, 0.1) is 6.54 Å². The summed E-state index contributed by atoms with van der Waals surface area (Å²) < 4.78 is 0. The second-order valence-corrected chi connectivity index (χ2v) is 5.39. The Morgan fingerprint density at radius 1 is 1.24 bits per heavy atom. The van der Waals surface area contributed by atoms with Crippen LogP contribution >= 0.6 is 0 Å². The van der Waals surface area contributed by atoms with Gasteiger partial charge in [-0.1, -0.05) is 6.92 Å². The number of aliphatic imine (C=N–C) groups is 1. The lowest BCUT2D eigenvalue weighted by atomic mass is 10.1. The van der Waals surface area contributed by atoms with Crippen LogP contribution < -0.4 is 16.0 Å². The molecule has 4 heteroatoms. The third kappa shape index (κ3) is 10.1. The van der Waals surface area contributed by atoms with E-state index in [1.807, 2.05) is 0 Å². The van der Waals surface area contributed by atoms with E-state index in [1.54, 1.807) is 0 Å². The molecule has 0 aromatic rings. The van der Waals surface area contributed by atoms with Gasteiger partial charge < -0.3 is 16.0 Å². The summed E-state index contributed by atoms with van der Waals surface area (Å²) >= 11 is 0. The second-order valence-electron chi connectivity index (χ2n) is 5.39. The average molecular weight is 242 g/mol. The van der Waals surface area contributed by atoms with Gasteiger partial charge in [0.2, 0.25) is 0 Å². The van der Waals surface area contributed by atoms with Crippen LogP contribution in [0.1, 0.15) is 48.0 Å². The van der Waals surface area contributed by atoms with Crippen molar-refractivity contribution < 1.29 is 0 Å². The maximum atomic E-state index is 4.54. The highest BCUT2D eigenvalue weighted by Gasteiger charge is 2.07. The molecule has 0 aliphatic heterocycles. The summed E-state index contributed by atoms with van der Waals surface area (Å²) in [6.07, 6.45) is 1.10. The van der Waals surface area contributed by atoms with Crippen LogP contribution in [0, 0.1) is 0 Å². The number of nitrogens with zero attached hydrogens (tertiary/aromatic N) is 1. The standard InChI is InChI=1S/C13H30N4/c1-7-11(3)17-12(14-8-2)15-9-10-16-13(4,5)6/h11,16H,7-10H2,1-6H3,(H2,14,15,17). The molecule has 0 rings (SSSR count). The van der Waals surface area contributed by atoms with Crippen LogP contribution in [-0.4, -0.2) is 37.2 Å². The lowest BCUT2D eigenvalue weighted by molar-refractivity contribution is 0.432. The maximum absolute atomic E-state index is 4.54. The van der Waals surface area contributed by atoms with Crippen LogP contribution in [0.15, 0.2) is 4.99 Å². The van der Waals surface area contributed by atoms with E-state index in [-0.39, 0.29) is 5.54 Å². The number of guanidine groups is 1. The lowest BCUT2D eigenvalue weighted by Gasteiger charge is -2.20. The number of hydrogen-bond donors (Lipinski definition) is 3. The normalized spacial score (nSPS) is 14.6. The van der Waals surface area contributed by atoms with E-state index in [0.717, 1.165) is 32.0 Å². The van der Waals surface area contributed by atoms with E-state index in [1.165, 1.54) is 0 Å². The van der Waals surface area contributed by atoms with E-state index in [0.29, 0.717) is 6.04 Å². The van der Waals surface area contributed by atoms with Crippen molar-refractivity contribution in [3.63, 3.8) is 0 Å². The van der Waals surface area contributed by atoms with Crippen molar-refractivity contribution in [1.29, 1.82) is 0 Å². The third-order valence-corrected chi connectivity index (χ3v) is 2.38. The molecule has 1 atom stereocenters. The Balaban J connectivity index is 4.03. The molecular weight excluding hydrogens is 212 g/mol. The Bertz CT molecular complexity index is 218. The highest BCUT2D eigenvalue weighted by Crippen LogP contribution is 1.96. The van der Waals surface area contributed by atoms with Crippen molar-refractivity contribution in [2.24, 2.45) is 4.99 Å². The smallest absolute Gasteiger partial charge is 0.191 e. The average Bonchev–Trinajstić information content (AvgIpc) is 2.23. The monoisotopic (exact) mass is 242 g/mol. The molecule has 0 aromatic heterocycles. The lowest BCUT2D eigenvalue weighted by Crippen LogP contribution is -2.43. The van der Waals surface area contributed by atoms with Crippen LogP contribution in [0.2, 0.25) is 0 Å². The molecule has 102 valence electrons. The molecule has 3 N–H and O–H groups in total. The first-order valence-corrected chi connectivity index (χ1v) is 6.69. The fourth-order valence-corrected chi connectivity index (χ4v) is 1.25. The van der Waals surface area contributed by atoms with Crippen molar-refractivity contribution in [3.8, 4) is 0 Å². The number of nitrogens with one attached hydrogen (secondary N) is 3. The van der Waals surface area contributed by atoms with Crippen molar-refractivity contribution in [3.05, 3.63) is 0 Å². The molecule has 4 nitrogen and oxygen atoms in total. The topological polar surface area (TPSA) is 48.5 Å². The van der Waals surface area contributed by atoms with Crippen molar-refractivity contribution in [1.82, 2.24) is 16.0 Å². The minimum Gasteiger partial charge on any atom is -0.357 e. The molecule has 0 aromatic carbocycles. The molecule has 0 spiro atoms. The molecule has 0 heterocycles. The Hall–Kier alpha value is -0.770. The predicted molar refractivity (Wildman–Crippen MR) is 76.6 cm³/mol. The van der Waals surface area contributed by atoms with Crippen LogP contribution in [0.25, 0.3) is 0 Å². The van der Waals surface area contributed by atoms with Gasteiger partial charge >= 0.3 is 0 Å². The molecule has 17 heavy (non-hydrogen) atoms. The van der Waals surface area contributed by atoms with Crippen LogP contribution in [0.5, 0.6) is 0 Å². The summed E-state index contributed by atoms with van der Waals surface area (Å²) in [5.74, 6) is 0.914. The van der Waals surface area contributed by atoms with Crippen molar-refractivity contribution in [2.75, 3.05) is 19.6 Å². The zero-order valence-electron chi connectivity index (χ0n) is 12.4. The summed E-state index contributed by atoms with van der Waals surface area (Å²) in [6.45, 7) is 15.5. The van der Waals surface area contributed by atoms with E-state index in [4.69, 9.17) is 0 Å². The summed E-state index contributed by atoms with van der Waals surface area (Å²) in [7, 11) is 0. The van der Waals surface area contributed by atoms with Gasteiger partial charge in [0, 0.05) is 24.7 Å². The van der Waals surface area contributed by atoms with E-state index >= 15 is 0 Å². The molecule has 0 aliphatic carbocycles. The Kier molecular flexibility index (Phi) is 7.96. The minimum absolute atomic E-state index is 0.165. The molecular formula is C13H30N4. The van der Waals surface area contributed by atoms with Crippen LogP contribution in [0.3, 0.4) is 0 Å². The van der Waals surface area contributed by atoms with E-state index < -0.39 is 0 Å². The van der Waals surface area contributed by atoms with Gasteiger partial charge in [-0.3, -0.25) is 4.99 Å². The maximum Gasteiger partial charge on any atom is 0.191 e. The van der Waals surface area contributed by atoms with Gasteiger partial charge in [-0.05, 0) is 41.0 Å². The van der Waals surface area contributed by atoms with Gasteiger partial charge in [0.1, 0.15) is 0 Å².